The highest BCUT2D eigenvalue weighted by Gasteiger charge is 1.98. The van der Waals surface area contributed by atoms with E-state index < -0.39 is 0 Å². The van der Waals surface area contributed by atoms with E-state index >= 15 is 0 Å². The molecule has 0 aliphatic rings. The Morgan fingerprint density at radius 3 is 3.00 bits per heavy atom. The van der Waals surface area contributed by atoms with Gasteiger partial charge in [0, 0.05) is 12.0 Å². The fraction of sp³-hybridized carbons (Fsp3) is 0.571. The van der Waals surface area contributed by atoms with Gasteiger partial charge >= 0.3 is 0 Å². The maximum atomic E-state index is 5.59. The highest BCUT2D eigenvalue weighted by Crippen LogP contribution is 2.20. The van der Waals surface area contributed by atoms with Crippen LogP contribution in [0.25, 0.3) is 0 Å². The van der Waals surface area contributed by atoms with E-state index in [4.69, 9.17) is 21.1 Å². The lowest BCUT2D eigenvalue weighted by molar-refractivity contribution is 0.110. The number of aromatic nitrogens is 1. The molecule has 0 saturated heterocycles. The van der Waals surface area contributed by atoms with Gasteiger partial charge in [-0.05, 0) is 6.92 Å². The Morgan fingerprint density at radius 2 is 2.42 bits per heavy atom. The summed E-state index contributed by atoms with van der Waals surface area (Å²) < 4.78 is 10.3. The second-order valence-corrected chi connectivity index (χ2v) is 3.19. The van der Waals surface area contributed by atoms with E-state index in [9.17, 15) is 0 Å². The van der Waals surface area contributed by atoms with Gasteiger partial charge in [0.2, 0.25) is 0 Å². The molecular formula is C7H10ClNO2S. The number of thiazole rings is 1. The van der Waals surface area contributed by atoms with Gasteiger partial charge in [0.25, 0.3) is 5.19 Å². The van der Waals surface area contributed by atoms with Crippen molar-refractivity contribution in [2.24, 2.45) is 0 Å². The first-order valence-corrected chi connectivity index (χ1v) is 4.90. The number of hydrogen-bond acceptors (Lipinski definition) is 4. The van der Waals surface area contributed by atoms with Crippen molar-refractivity contribution in [3.63, 3.8) is 0 Å². The second kappa shape index (κ2) is 5.35. The van der Waals surface area contributed by atoms with Crippen molar-refractivity contribution in [3.05, 3.63) is 10.5 Å². The van der Waals surface area contributed by atoms with E-state index in [0.717, 1.165) is 0 Å². The van der Waals surface area contributed by atoms with Crippen LogP contribution in [0.15, 0.2) is 5.38 Å². The molecule has 0 saturated carbocycles. The molecule has 0 spiro atoms. The minimum Gasteiger partial charge on any atom is -0.468 e. The Labute approximate surface area is 80.3 Å². The zero-order chi connectivity index (χ0) is 8.81. The highest BCUT2D eigenvalue weighted by atomic mass is 35.5. The molecule has 1 rings (SSSR count). The van der Waals surface area contributed by atoms with Crippen LogP contribution in [0.5, 0.6) is 5.19 Å². The first kappa shape index (κ1) is 9.77. The molecule has 0 radical (unpaired) electrons. The molecular weight excluding hydrogens is 198 g/mol. The summed E-state index contributed by atoms with van der Waals surface area (Å²) in [5.41, 5.74) is 0. The largest absolute Gasteiger partial charge is 0.468 e. The lowest BCUT2D eigenvalue weighted by Gasteiger charge is -2.00. The Hall–Kier alpha value is -0.320. The normalized spacial score (nSPS) is 10.2. The van der Waals surface area contributed by atoms with E-state index in [1.54, 1.807) is 5.38 Å². The summed E-state index contributed by atoms with van der Waals surface area (Å²) in [6.45, 7) is 3.77. The predicted octanol–water partition coefficient (Wildman–Crippen LogP) is 2.21. The van der Waals surface area contributed by atoms with Crippen LogP contribution in [-0.2, 0) is 4.74 Å². The van der Waals surface area contributed by atoms with Crippen molar-refractivity contribution in [2.45, 2.75) is 6.92 Å². The molecule has 12 heavy (non-hydrogen) atoms. The fourth-order valence-corrected chi connectivity index (χ4v) is 1.45. The molecule has 0 amide bonds. The Kier molecular flexibility index (Phi) is 4.35. The monoisotopic (exact) mass is 207 g/mol. The zero-order valence-electron chi connectivity index (χ0n) is 6.75. The maximum Gasteiger partial charge on any atom is 0.274 e. The van der Waals surface area contributed by atoms with Crippen LogP contribution in [0.2, 0.25) is 5.15 Å². The average molecular weight is 208 g/mol. The standard InChI is InChI=1S/C7H10ClNO2S/c1-2-10-3-4-11-7-9-6(8)5-12-7/h5H,2-4H2,1H3. The van der Waals surface area contributed by atoms with E-state index in [0.29, 0.717) is 30.2 Å². The summed E-state index contributed by atoms with van der Waals surface area (Å²) in [7, 11) is 0. The Balaban J connectivity index is 2.15. The van der Waals surface area contributed by atoms with Gasteiger partial charge in [0.1, 0.15) is 11.8 Å². The first-order valence-electron chi connectivity index (χ1n) is 3.64. The molecule has 0 unspecified atom stereocenters. The van der Waals surface area contributed by atoms with E-state index in [1.165, 1.54) is 11.3 Å². The first-order chi connectivity index (χ1) is 5.83. The third-order valence-corrected chi connectivity index (χ3v) is 2.19. The Bertz CT molecular complexity index is 229. The minimum atomic E-state index is 0.478. The summed E-state index contributed by atoms with van der Waals surface area (Å²) in [6.07, 6.45) is 0. The molecule has 0 bridgehead atoms. The van der Waals surface area contributed by atoms with Gasteiger partial charge in [-0.2, -0.15) is 4.98 Å². The number of hydrogen-bond donors (Lipinski definition) is 0. The molecule has 1 aromatic rings. The topological polar surface area (TPSA) is 31.4 Å². The molecule has 1 aromatic heterocycles. The summed E-state index contributed by atoms with van der Waals surface area (Å²) in [6, 6.07) is 0. The fourth-order valence-electron chi connectivity index (χ4n) is 0.637. The van der Waals surface area contributed by atoms with Crippen molar-refractivity contribution in [1.82, 2.24) is 4.98 Å². The number of halogens is 1. The maximum absolute atomic E-state index is 5.59. The quantitative estimate of drug-likeness (QED) is 0.694. The molecule has 0 atom stereocenters. The smallest absolute Gasteiger partial charge is 0.274 e. The summed E-state index contributed by atoms with van der Waals surface area (Å²) in [4.78, 5) is 3.91. The molecule has 1 heterocycles. The average Bonchev–Trinajstić information content (AvgIpc) is 2.45. The minimum absolute atomic E-state index is 0.478. The molecule has 0 fully saturated rings. The predicted molar refractivity (Wildman–Crippen MR) is 49.1 cm³/mol. The second-order valence-electron chi connectivity index (χ2n) is 1.98. The van der Waals surface area contributed by atoms with Gasteiger partial charge in [-0.15, -0.1) is 0 Å². The zero-order valence-corrected chi connectivity index (χ0v) is 8.32. The lowest BCUT2D eigenvalue weighted by Crippen LogP contribution is -2.05. The SMILES string of the molecule is CCOCCOc1nc(Cl)cs1. The van der Waals surface area contributed by atoms with Crippen molar-refractivity contribution in [3.8, 4) is 5.19 Å². The van der Waals surface area contributed by atoms with Crippen LogP contribution in [0, 0.1) is 0 Å². The Morgan fingerprint density at radius 1 is 1.58 bits per heavy atom. The van der Waals surface area contributed by atoms with Gasteiger partial charge < -0.3 is 9.47 Å². The van der Waals surface area contributed by atoms with Crippen molar-refractivity contribution >= 4 is 22.9 Å². The molecule has 0 aromatic carbocycles. The van der Waals surface area contributed by atoms with Gasteiger partial charge in [0.05, 0.1) is 6.61 Å². The van der Waals surface area contributed by atoms with Gasteiger partial charge in [-0.1, -0.05) is 22.9 Å². The molecule has 0 N–H and O–H groups in total. The van der Waals surface area contributed by atoms with Crippen LogP contribution >= 0.6 is 22.9 Å². The third kappa shape index (κ3) is 3.38. The molecule has 5 heteroatoms. The van der Waals surface area contributed by atoms with Gasteiger partial charge in [0.15, 0.2) is 0 Å². The van der Waals surface area contributed by atoms with Crippen LogP contribution in [-0.4, -0.2) is 24.8 Å². The number of ether oxygens (including phenoxy) is 2. The summed E-state index contributed by atoms with van der Waals surface area (Å²) in [5.74, 6) is 0. The summed E-state index contributed by atoms with van der Waals surface area (Å²) in [5, 5.41) is 2.81. The highest BCUT2D eigenvalue weighted by molar-refractivity contribution is 7.11. The summed E-state index contributed by atoms with van der Waals surface area (Å²) >= 11 is 6.98. The van der Waals surface area contributed by atoms with Crippen LogP contribution in [0.4, 0.5) is 0 Å². The van der Waals surface area contributed by atoms with E-state index in [-0.39, 0.29) is 0 Å². The van der Waals surface area contributed by atoms with Crippen LogP contribution in [0.3, 0.4) is 0 Å². The van der Waals surface area contributed by atoms with E-state index in [1.807, 2.05) is 6.92 Å². The molecule has 0 aliphatic heterocycles. The van der Waals surface area contributed by atoms with Crippen LogP contribution < -0.4 is 4.74 Å². The molecule has 0 aliphatic carbocycles. The molecule has 3 nitrogen and oxygen atoms in total. The molecule has 68 valence electrons. The van der Waals surface area contributed by atoms with E-state index in [2.05, 4.69) is 4.98 Å². The van der Waals surface area contributed by atoms with Crippen molar-refractivity contribution in [1.29, 1.82) is 0 Å². The number of nitrogens with zero attached hydrogens (tertiary/aromatic N) is 1. The number of rotatable bonds is 5. The van der Waals surface area contributed by atoms with Crippen molar-refractivity contribution in [2.75, 3.05) is 19.8 Å². The van der Waals surface area contributed by atoms with Crippen LogP contribution in [0.1, 0.15) is 6.92 Å². The lowest BCUT2D eigenvalue weighted by atomic mass is 10.7. The van der Waals surface area contributed by atoms with Gasteiger partial charge in [-0.25, -0.2) is 0 Å². The van der Waals surface area contributed by atoms with Gasteiger partial charge in [-0.3, -0.25) is 0 Å². The third-order valence-electron chi connectivity index (χ3n) is 1.11. The van der Waals surface area contributed by atoms with Crippen molar-refractivity contribution < 1.29 is 9.47 Å².